The molecule has 9 amide bonds. The standard InChI is InChI=1S/C44H82N14O11/c1-22(2)17-29(40(65)52-26(9)36(61)53-28(14-10-11-15-45)39(64)57-32(43(68)69)19-24(5)6)55-41(66)30(18-23(3)4)56-42(67)35(25(7)8)58-34(60)21-51-38(63)31(20-33(47)59)54-37(62)27(46)13-12-16-50-44(48)49/h22-32,35H,10-21,45-46H2,1-9H3,(H2,47,59)(H,51,63)(H,52,65)(H,53,61)(H,54,62)(H,55,66)(H,56,67)(H,57,64)(H,58,60)(H,68,69)(H4,48,49,50)/t26-,27-,28-,29-,30-,31-,32-,35-/m0/s1. The van der Waals surface area contributed by atoms with E-state index in [2.05, 4.69) is 47.5 Å². The van der Waals surface area contributed by atoms with Crippen molar-refractivity contribution in [3.63, 3.8) is 0 Å². The summed E-state index contributed by atoms with van der Waals surface area (Å²) < 4.78 is 0. The lowest BCUT2D eigenvalue weighted by Crippen LogP contribution is -2.60. The van der Waals surface area contributed by atoms with Crippen LogP contribution in [0.1, 0.15) is 120 Å². The zero-order chi connectivity index (χ0) is 53.1. The predicted octanol–water partition coefficient (Wildman–Crippen LogP) is -3.22. The van der Waals surface area contributed by atoms with Gasteiger partial charge in [0.05, 0.1) is 19.0 Å². The van der Waals surface area contributed by atoms with Crippen molar-refractivity contribution in [3.05, 3.63) is 0 Å². The van der Waals surface area contributed by atoms with Gasteiger partial charge in [-0.3, -0.25) is 48.1 Å². The molecule has 0 aromatic heterocycles. The van der Waals surface area contributed by atoms with Crippen LogP contribution in [0.3, 0.4) is 0 Å². The van der Waals surface area contributed by atoms with Gasteiger partial charge in [-0.2, -0.15) is 0 Å². The van der Waals surface area contributed by atoms with Crippen LogP contribution in [0.25, 0.3) is 0 Å². The minimum atomic E-state index is -1.48. The van der Waals surface area contributed by atoms with Crippen LogP contribution in [0.2, 0.25) is 0 Å². The molecule has 0 rings (SSSR count). The molecule has 19 N–H and O–H groups in total. The first kappa shape index (κ1) is 62.9. The number of carboxylic acid groups (broad SMARTS) is 1. The van der Waals surface area contributed by atoms with Gasteiger partial charge in [0, 0.05) is 6.54 Å². The average molecular weight is 983 g/mol. The van der Waals surface area contributed by atoms with Crippen molar-refractivity contribution in [3.8, 4) is 0 Å². The SMILES string of the molecule is CC(C)C[C@H](NC(=O)[C@H](CCCCN)NC(=O)[C@H](C)NC(=O)[C@H](CC(C)C)NC(=O)[C@H](CC(C)C)NC(=O)[C@@H](NC(=O)CNC(=O)[C@H](CC(N)=O)NC(=O)[C@@H](N)CCCN=C(N)N)C(C)C)C(=O)O. The number of nitrogens with zero attached hydrogens (tertiary/aromatic N) is 1. The molecule has 69 heavy (non-hydrogen) atoms. The number of carbonyl (C=O) groups excluding carboxylic acids is 9. The van der Waals surface area contributed by atoms with E-state index >= 15 is 0 Å². The molecule has 25 nitrogen and oxygen atoms in total. The second-order valence-corrected chi connectivity index (χ2v) is 18.8. The molecule has 8 atom stereocenters. The number of aliphatic imine (C=N–C) groups is 1. The van der Waals surface area contributed by atoms with Crippen LogP contribution in [0, 0.1) is 23.7 Å². The summed E-state index contributed by atoms with van der Waals surface area (Å²) in [6.07, 6.45) is 1.40. The number of unbranched alkanes of at least 4 members (excludes halogenated alkanes) is 1. The fourth-order valence-corrected chi connectivity index (χ4v) is 6.73. The first-order chi connectivity index (χ1) is 32.1. The van der Waals surface area contributed by atoms with Crippen LogP contribution in [-0.2, 0) is 47.9 Å². The first-order valence-corrected chi connectivity index (χ1v) is 23.5. The van der Waals surface area contributed by atoms with Crippen molar-refractivity contribution in [1.29, 1.82) is 0 Å². The average Bonchev–Trinajstić information content (AvgIpc) is 3.23. The molecule has 0 aromatic carbocycles. The number of nitrogens with one attached hydrogen (secondary N) is 8. The van der Waals surface area contributed by atoms with Gasteiger partial charge >= 0.3 is 5.97 Å². The molecule has 394 valence electrons. The summed E-state index contributed by atoms with van der Waals surface area (Å²) >= 11 is 0. The molecule has 0 saturated carbocycles. The molecule has 0 heterocycles. The molecule has 0 spiro atoms. The Morgan fingerprint density at radius 1 is 0.522 bits per heavy atom. The summed E-state index contributed by atoms with van der Waals surface area (Å²) in [4.78, 5) is 134. The highest BCUT2D eigenvalue weighted by Gasteiger charge is 2.34. The highest BCUT2D eigenvalue weighted by atomic mass is 16.4. The number of primary amides is 1. The van der Waals surface area contributed by atoms with Gasteiger partial charge in [-0.05, 0) is 88.5 Å². The van der Waals surface area contributed by atoms with E-state index in [0.29, 0.717) is 25.8 Å². The minimum Gasteiger partial charge on any atom is -0.480 e. The Kier molecular flexibility index (Phi) is 29.7. The van der Waals surface area contributed by atoms with Gasteiger partial charge in [0.25, 0.3) is 0 Å². The molecule has 0 aliphatic carbocycles. The maximum atomic E-state index is 13.9. The summed E-state index contributed by atoms with van der Waals surface area (Å²) in [5, 5.41) is 29.9. The zero-order valence-electron chi connectivity index (χ0n) is 41.8. The van der Waals surface area contributed by atoms with Crippen LogP contribution in [-0.4, -0.2) is 138 Å². The Morgan fingerprint density at radius 2 is 1.00 bits per heavy atom. The Hall–Kier alpha value is -6.11. The Balaban J connectivity index is 5.98. The molecule has 0 saturated heterocycles. The highest BCUT2D eigenvalue weighted by molar-refractivity contribution is 5.98. The summed E-state index contributed by atoms with van der Waals surface area (Å²) in [5.41, 5.74) is 27.4. The van der Waals surface area contributed by atoms with E-state index in [1.54, 1.807) is 13.8 Å². The number of guanidine groups is 1. The summed E-state index contributed by atoms with van der Waals surface area (Å²) in [6.45, 7) is 15.4. The first-order valence-electron chi connectivity index (χ1n) is 23.5. The quantitative estimate of drug-likeness (QED) is 0.0171. The van der Waals surface area contributed by atoms with Crippen LogP contribution in [0.4, 0.5) is 0 Å². The molecular weight excluding hydrogens is 901 g/mol. The highest BCUT2D eigenvalue weighted by Crippen LogP contribution is 2.12. The van der Waals surface area contributed by atoms with Crippen LogP contribution in [0.5, 0.6) is 0 Å². The van der Waals surface area contributed by atoms with Crippen molar-refractivity contribution in [2.24, 2.45) is 57.3 Å². The number of carboxylic acids is 1. The van der Waals surface area contributed by atoms with Gasteiger partial charge in [0.15, 0.2) is 5.96 Å². The topological polar surface area (TPSA) is 430 Å². The van der Waals surface area contributed by atoms with E-state index in [1.807, 2.05) is 41.5 Å². The van der Waals surface area contributed by atoms with E-state index < -0.39 is 126 Å². The number of hydrogen-bond acceptors (Lipinski definition) is 13. The second kappa shape index (κ2) is 32.6. The molecule has 0 bridgehead atoms. The van der Waals surface area contributed by atoms with Crippen LogP contribution in [0.15, 0.2) is 4.99 Å². The molecule has 0 radical (unpaired) electrons. The molecule has 0 unspecified atom stereocenters. The molecule has 0 fully saturated rings. The fourth-order valence-electron chi connectivity index (χ4n) is 6.73. The van der Waals surface area contributed by atoms with Gasteiger partial charge in [-0.15, -0.1) is 0 Å². The fraction of sp³-hybridized carbons (Fsp3) is 0.750. The molecule has 0 aliphatic heterocycles. The normalized spacial score (nSPS) is 14.7. The predicted molar refractivity (Wildman–Crippen MR) is 258 cm³/mol. The number of amides is 9. The van der Waals surface area contributed by atoms with Crippen molar-refractivity contribution in [1.82, 2.24) is 42.5 Å². The maximum Gasteiger partial charge on any atom is 0.326 e. The number of nitrogens with two attached hydrogens (primary N) is 5. The Bertz CT molecular complexity index is 1760. The van der Waals surface area contributed by atoms with Gasteiger partial charge in [0.2, 0.25) is 53.2 Å². The lowest BCUT2D eigenvalue weighted by atomic mass is 9.98. The smallest absolute Gasteiger partial charge is 0.326 e. The van der Waals surface area contributed by atoms with Crippen LogP contribution >= 0.6 is 0 Å². The zero-order valence-corrected chi connectivity index (χ0v) is 41.8. The Labute approximate surface area is 405 Å². The van der Waals surface area contributed by atoms with Gasteiger partial charge in [-0.1, -0.05) is 55.4 Å². The van der Waals surface area contributed by atoms with E-state index in [1.165, 1.54) is 6.92 Å². The minimum absolute atomic E-state index is 0.0461. The molecule has 0 aliphatic rings. The maximum absolute atomic E-state index is 13.9. The summed E-state index contributed by atoms with van der Waals surface area (Å²) in [6, 6.07) is -9.72. The van der Waals surface area contributed by atoms with E-state index in [-0.39, 0.29) is 62.4 Å². The lowest BCUT2D eigenvalue weighted by Gasteiger charge is -2.28. The number of hydrogen-bond donors (Lipinski definition) is 14. The van der Waals surface area contributed by atoms with Crippen molar-refractivity contribution in [2.75, 3.05) is 19.6 Å². The molecule has 25 heteroatoms. The summed E-state index contributed by atoms with van der Waals surface area (Å²) in [5.74, 6) is -9.33. The van der Waals surface area contributed by atoms with Crippen LogP contribution < -0.4 is 71.2 Å². The van der Waals surface area contributed by atoms with E-state index in [4.69, 9.17) is 28.7 Å². The third kappa shape index (κ3) is 26.9. The second-order valence-electron chi connectivity index (χ2n) is 18.8. The van der Waals surface area contributed by atoms with E-state index in [0.717, 1.165) is 0 Å². The number of aliphatic carboxylic acids is 1. The largest absolute Gasteiger partial charge is 0.480 e. The van der Waals surface area contributed by atoms with Gasteiger partial charge in [0.1, 0.15) is 42.3 Å². The summed E-state index contributed by atoms with van der Waals surface area (Å²) in [7, 11) is 0. The number of carbonyl (C=O) groups is 10. The van der Waals surface area contributed by atoms with Gasteiger partial charge in [-0.25, -0.2) is 4.79 Å². The number of rotatable bonds is 34. The molecule has 0 aromatic rings. The van der Waals surface area contributed by atoms with Crippen molar-refractivity contribution < 1.29 is 53.1 Å². The van der Waals surface area contributed by atoms with E-state index in [9.17, 15) is 53.1 Å². The molecular formula is C44H82N14O11. The third-order valence-corrected chi connectivity index (χ3v) is 10.4. The van der Waals surface area contributed by atoms with Crippen molar-refractivity contribution >= 4 is 65.1 Å². The monoisotopic (exact) mass is 983 g/mol. The lowest BCUT2D eigenvalue weighted by molar-refractivity contribution is -0.143. The third-order valence-electron chi connectivity index (χ3n) is 10.4. The Morgan fingerprint density at radius 3 is 1.49 bits per heavy atom. The van der Waals surface area contributed by atoms with Crippen molar-refractivity contribution in [2.45, 2.75) is 168 Å². The van der Waals surface area contributed by atoms with Gasteiger partial charge < -0.3 is 76.3 Å².